The normalized spacial score (nSPS) is 21.3. The van der Waals surface area contributed by atoms with Gasteiger partial charge < -0.3 is 25.3 Å². The molecular formula is C27H50BN3O5S2. The molecule has 2 bridgehead atoms. The van der Waals surface area contributed by atoms with Crippen LogP contribution in [0.2, 0.25) is 11.6 Å². The maximum Gasteiger partial charge on any atom is 0.408 e. The van der Waals surface area contributed by atoms with Crippen molar-refractivity contribution in [1.82, 2.24) is 15.9 Å². The number of unbranched alkanes of at least 4 members (excludes halogenated alkanes) is 1. The molecule has 0 aromatic carbocycles. The van der Waals surface area contributed by atoms with Gasteiger partial charge in [0.25, 0.3) is 0 Å². The highest BCUT2D eigenvalue weighted by Gasteiger charge is 2.41. The molecule has 2 heterocycles. The molecule has 2 aliphatic rings. The van der Waals surface area contributed by atoms with Crippen LogP contribution in [-0.2, 0) is 19.1 Å². The predicted octanol–water partition coefficient (Wildman–Crippen LogP) is 5.58. The van der Waals surface area contributed by atoms with Crippen molar-refractivity contribution in [2.75, 3.05) is 19.4 Å². The van der Waals surface area contributed by atoms with Gasteiger partial charge in [-0.05, 0) is 51.7 Å². The Morgan fingerprint density at radius 2 is 1.55 bits per heavy atom. The number of methoxy groups -OCH3 is 1. The van der Waals surface area contributed by atoms with Crippen LogP contribution in [0.1, 0.15) is 99.3 Å². The summed E-state index contributed by atoms with van der Waals surface area (Å²) in [7, 11) is 4.68. The third-order valence-electron chi connectivity index (χ3n) is 6.96. The summed E-state index contributed by atoms with van der Waals surface area (Å²) in [5.41, 5.74) is -0.640. The fourth-order valence-corrected chi connectivity index (χ4v) is 7.78. The van der Waals surface area contributed by atoms with Gasteiger partial charge in [0.1, 0.15) is 11.6 Å². The minimum Gasteiger partial charge on any atom is -0.468 e. The van der Waals surface area contributed by atoms with Crippen molar-refractivity contribution in [3.63, 3.8) is 0 Å². The fraction of sp³-hybridized carbons (Fsp3) is 0.889. The van der Waals surface area contributed by atoms with Gasteiger partial charge in [0.2, 0.25) is 12.8 Å². The number of rotatable bonds is 13. The van der Waals surface area contributed by atoms with Crippen LogP contribution in [0.3, 0.4) is 0 Å². The van der Waals surface area contributed by atoms with Crippen molar-refractivity contribution < 1.29 is 23.9 Å². The molecular weight excluding hydrogens is 521 g/mol. The van der Waals surface area contributed by atoms with E-state index in [4.69, 9.17) is 9.47 Å². The first-order chi connectivity index (χ1) is 17.8. The van der Waals surface area contributed by atoms with Crippen LogP contribution in [-0.4, -0.2) is 66.7 Å². The zero-order valence-electron chi connectivity index (χ0n) is 24.5. The Morgan fingerprint density at radius 1 is 0.947 bits per heavy atom. The maximum absolute atomic E-state index is 12.9. The van der Waals surface area contributed by atoms with Crippen LogP contribution in [0, 0.1) is 0 Å². The van der Waals surface area contributed by atoms with Gasteiger partial charge >= 0.3 is 12.1 Å². The first kappa shape index (κ1) is 33.1. The van der Waals surface area contributed by atoms with Crippen molar-refractivity contribution in [1.29, 1.82) is 0 Å². The molecule has 218 valence electrons. The topological polar surface area (TPSA) is 106 Å². The van der Waals surface area contributed by atoms with Gasteiger partial charge in [-0.1, -0.05) is 80.9 Å². The number of esters is 1. The highest BCUT2D eigenvalue weighted by Crippen LogP contribution is 2.45. The van der Waals surface area contributed by atoms with Gasteiger partial charge in [0.05, 0.1) is 13.2 Å². The van der Waals surface area contributed by atoms with E-state index in [0.29, 0.717) is 37.2 Å². The largest absolute Gasteiger partial charge is 0.468 e. The highest BCUT2D eigenvalue weighted by atomic mass is 33.1. The second kappa shape index (κ2) is 15.7. The number of fused-ring (bicyclic) bond motifs is 2. The predicted molar refractivity (Wildman–Crippen MR) is 160 cm³/mol. The van der Waals surface area contributed by atoms with E-state index in [2.05, 4.69) is 36.6 Å². The molecule has 2 saturated heterocycles. The van der Waals surface area contributed by atoms with Crippen LogP contribution >= 0.6 is 21.6 Å². The monoisotopic (exact) mass is 571 g/mol. The van der Waals surface area contributed by atoms with E-state index in [1.807, 2.05) is 0 Å². The van der Waals surface area contributed by atoms with Crippen molar-refractivity contribution in [3.05, 3.63) is 0 Å². The third-order valence-corrected chi connectivity index (χ3v) is 10.3. The number of ether oxygens (including phenoxy) is 2. The van der Waals surface area contributed by atoms with Crippen molar-refractivity contribution in [2.45, 2.75) is 133 Å². The number of carbonyl (C=O) groups is 3. The summed E-state index contributed by atoms with van der Waals surface area (Å²) in [5, 5.41) is 9.36. The van der Waals surface area contributed by atoms with E-state index in [1.165, 1.54) is 45.6 Å². The lowest BCUT2D eigenvalue weighted by Crippen LogP contribution is -2.53. The summed E-state index contributed by atoms with van der Waals surface area (Å²) < 4.78 is 10.5. The van der Waals surface area contributed by atoms with Gasteiger partial charge in [-0.15, -0.1) is 0 Å². The van der Waals surface area contributed by atoms with Crippen LogP contribution in [0.5, 0.6) is 0 Å². The Labute approximate surface area is 238 Å². The molecule has 11 heteroatoms. The number of hydrogen-bond donors (Lipinski definition) is 3. The molecule has 0 saturated carbocycles. The third kappa shape index (κ3) is 12.4. The number of amides is 2. The first-order valence-electron chi connectivity index (χ1n) is 14.2. The Balaban J connectivity index is 1.83. The minimum absolute atomic E-state index is 0.0398. The maximum atomic E-state index is 12.9. The van der Waals surface area contributed by atoms with Crippen LogP contribution in [0.25, 0.3) is 0 Å². The van der Waals surface area contributed by atoms with E-state index < -0.39 is 17.7 Å². The Kier molecular flexibility index (Phi) is 13.7. The van der Waals surface area contributed by atoms with Crippen LogP contribution in [0.4, 0.5) is 4.79 Å². The van der Waals surface area contributed by atoms with E-state index in [0.717, 1.165) is 12.8 Å². The Bertz CT molecular complexity index is 753. The van der Waals surface area contributed by atoms with E-state index in [-0.39, 0.29) is 22.7 Å². The highest BCUT2D eigenvalue weighted by molar-refractivity contribution is 8.77. The molecule has 2 aliphatic heterocycles. The molecule has 0 aromatic rings. The lowest BCUT2D eigenvalue weighted by molar-refractivity contribution is -0.142. The summed E-state index contributed by atoms with van der Waals surface area (Å²) in [6.45, 7) is 12.6. The second-order valence-corrected chi connectivity index (χ2v) is 15.8. The number of hydrogen-bond acceptors (Lipinski definition) is 8. The van der Waals surface area contributed by atoms with E-state index in [1.54, 1.807) is 42.4 Å². The van der Waals surface area contributed by atoms with E-state index >= 15 is 0 Å². The molecule has 0 aliphatic carbocycles. The zero-order valence-corrected chi connectivity index (χ0v) is 26.2. The lowest BCUT2D eigenvalue weighted by Gasteiger charge is -2.41. The zero-order chi connectivity index (χ0) is 28.3. The molecule has 0 radical (unpaired) electrons. The molecule has 2 amide bonds. The first-order valence-corrected chi connectivity index (χ1v) is 16.5. The van der Waals surface area contributed by atoms with Gasteiger partial charge in [0.15, 0.2) is 0 Å². The molecule has 3 N–H and O–H groups in total. The summed E-state index contributed by atoms with van der Waals surface area (Å²) >= 11 is 0. The van der Waals surface area contributed by atoms with Crippen LogP contribution < -0.4 is 15.9 Å². The SMILES string of the molecule is COC(=O)[C@H](CCCCNC(=O)[C@H](CSSC(C)(C)C)NC(=O)OC(C)(C)C)NB1C2CCCC1CCC2. The molecule has 38 heavy (non-hydrogen) atoms. The molecule has 0 unspecified atom stereocenters. The molecule has 8 nitrogen and oxygen atoms in total. The Morgan fingerprint density at radius 3 is 2.08 bits per heavy atom. The summed E-state index contributed by atoms with van der Waals surface area (Å²) in [6.07, 6.45) is 9.20. The molecule has 0 spiro atoms. The summed E-state index contributed by atoms with van der Waals surface area (Å²) in [4.78, 5) is 37.8. The van der Waals surface area contributed by atoms with Gasteiger partial charge in [-0.25, -0.2) is 4.79 Å². The average Bonchev–Trinajstić information content (AvgIpc) is 2.79. The average molecular weight is 572 g/mol. The quantitative estimate of drug-likeness (QED) is 0.114. The fourth-order valence-electron chi connectivity index (χ4n) is 5.31. The number of nitrogens with one attached hydrogen (secondary N) is 3. The van der Waals surface area contributed by atoms with Gasteiger partial charge in [0, 0.05) is 17.0 Å². The van der Waals surface area contributed by atoms with Crippen molar-refractivity contribution in [2.24, 2.45) is 0 Å². The van der Waals surface area contributed by atoms with Gasteiger partial charge in [-0.3, -0.25) is 9.59 Å². The van der Waals surface area contributed by atoms with Crippen molar-refractivity contribution in [3.8, 4) is 0 Å². The standard InChI is InChI=1S/C27H50BN3O5S2/c1-26(2,3)36-25(34)30-22(18-37-38-27(4,5)6)23(32)29-17-9-8-16-21(24(33)35-7)31-28-19-12-10-13-20(28)15-11-14-19/h19-22,31H,8-18H2,1-7H3,(H,29,32)(H,30,34)/t19?,20?,21-,22-/m0/s1. The van der Waals surface area contributed by atoms with Crippen molar-refractivity contribution >= 4 is 46.4 Å². The molecule has 0 aromatic heterocycles. The Hall–Kier alpha value is -1.07. The van der Waals surface area contributed by atoms with E-state index in [9.17, 15) is 14.4 Å². The van der Waals surface area contributed by atoms with Gasteiger partial charge in [-0.2, -0.15) is 0 Å². The lowest BCUT2D eigenvalue weighted by atomic mass is 9.34. The summed E-state index contributed by atoms with van der Waals surface area (Å²) in [6, 6.07) is -1.01. The summed E-state index contributed by atoms with van der Waals surface area (Å²) in [5.74, 6) is 1.34. The number of carbonyl (C=O) groups excluding carboxylic acids is 3. The molecule has 2 fully saturated rings. The van der Waals surface area contributed by atoms with Crippen LogP contribution in [0.15, 0.2) is 0 Å². The molecule has 2 atom stereocenters. The number of alkyl carbamates (subject to hydrolysis) is 1. The molecule has 2 rings (SSSR count). The second-order valence-electron chi connectivity index (χ2n) is 12.6. The minimum atomic E-state index is -0.695. The smallest absolute Gasteiger partial charge is 0.408 e.